The van der Waals surface area contributed by atoms with E-state index in [1.165, 1.54) is 5.56 Å². The Kier molecular flexibility index (Phi) is 4.02. The van der Waals surface area contributed by atoms with Gasteiger partial charge in [0, 0.05) is 30.1 Å². The quantitative estimate of drug-likeness (QED) is 0.730. The van der Waals surface area contributed by atoms with Crippen molar-refractivity contribution >= 4 is 22.7 Å². The minimum absolute atomic E-state index is 0.000609. The predicted molar refractivity (Wildman–Crippen MR) is 113 cm³/mol. The van der Waals surface area contributed by atoms with Gasteiger partial charge >= 0.3 is 0 Å². The van der Waals surface area contributed by atoms with Gasteiger partial charge in [-0.1, -0.05) is 56.3 Å². The van der Waals surface area contributed by atoms with Crippen LogP contribution < -0.4 is 0 Å². The summed E-state index contributed by atoms with van der Waals surface area (Å²) >= 11 is 0. The van der Waals surface area contributed by atoms with Crippen LogP contribution >= 0.6 is 0 Å². The second kappa shape index (κ2) is 6.48. The Balaban J connectivity index is 1.72. The number of nitrogens with one attached hydrogen (secondary N) is 1. The average Bonchev–Trinajstić information content (AvgIpc) is 3.09. The number of amides is 2. The third-order valence-electron chi connectivity index (χ3n) is 6.37. The Hall–Kier alpha value is -3.08. The molecule has 1 fully saturated rings. The van der Waals surface area contributed by atoms with E-state index in [1.54, 1.807) is 11.9 Å². The highest BCUT2D eigenvalue weighted by Gasteiger charge is 2.47. The zero-order valence-corrected chi connectivity index (χ0v) is 17.0. The molecule has 1 N–H and O–H groups in total. The maximum atomic E-state index is 13.1. The summed E-state index contributed by atoms with van der Waals surface area (Å²) in [6.07, 6.45) is 0.550. The van der Waals surface area contributed by atoms with Gasteiger partial charge < -0.3 is 14.8 Å². The molecule has 29 heavy (non-hydrogen) atoms. The molecule has 0 saturated carbocycles. The summed E-state index contributed by atoms with van der Waals surface area (Å²) in [4.78, 5) is 33.0. The number of nitrogens with zero attached hydrogens (tertiary/aromatic N) is 2. The van der Waals surface area contributed by atoms with Gasteiger partial charge in [0.2, 0.25) is 11.8 Å². The Bertz CT molecular complexity index is 1110. The second-order valence-corrected chi connectivity index (χ2v) is 8.50. The van der Waals surface area contributed by atoms with E-state index in [4.69, 9.17) is 0 Å². The molecule has 2 atom stereocenters. The number of hydrogen-bond donors (Lipinski definition) is 1. The van der Waals surface area contributed by atoms with Gasteiger partial charge in [-0.15, -0.1) is 0 Å². The van der Waals surface area contributed by atoms with Gasteiger partial charge in [-0.3, -0.25) is 9.59 Å². The van der Waals surface area contributed by atoms with Gasteiger partial charge in [0.1, 0.15) is 6.04 Å². The van der Waals surface area contributed by atoms with Crippen molar-refractivity contribution in [1.29, 1.82) is 0 Å². The van der Waals surface area contributed by atoms with E-state index >= 15 is 0 Å². The average molecular weight is 387 g/mol. The number of carbonyl (C=O) groups is 2. The molecule has 2 aromatic carbocycles. The summed E-state index contributed by atoms with van der Waals surface area (Å²) in [6, 6.07) is 15.9. The molecular weight excluding hydrogens is 362 g/mol. The summed E-state index contributed by atoms with van der Waals surface area (Å²) < 4.78 is 0. The van der Waals surface area contributed by atoms with E-state index in [-0.39, 0.29) is 24.4 Å². The number of carbonyl (C=O) groups excluding carboxylic acids is 2. The smallest absolute Gasteiger partial charge is 0.245 e. The van der Waals surface area contributed by atoms with Crippen LogP contribution in [0.15, 0.2) is 48.5 Å². The first kappa shape index (κ1) is 18.0. The molecule has 0 radical (unpaired) electrons. The van der Waals surface area contributed by atoms with E-state index in [2.05, 4.69) is 55.2 Å². The molecule has 148 valence electrons. The van der Waals surface area contributed by atoms with Crippen LogP contribution in [0, 0.1) is 0 Å². The highest BCUT2D eigenvalue weighted by molar-refractivity contribution is 5.97. The van der Waals surface area contributed by atoms with Crippen molar-refractivity contribution in [3.05, 3.63) is 70.9 Å². The fourth-order valence-electron chi connectivity index (χ4n) is 4.82. The molecule has 3 aromatic rings. The molecule has 5 heteroatoms. The summed E-state index contributed by atoms with van der Waals surface area (Å²) in [7, 11) is 1.72. The Morgan fingerprint density at radius 3 is 2.48 bits per heavy atom. The lowest BCUT2D eigenvalue weighted by atomic mass is 9.85. The fraction of sp³-hybridized carbons (Fsp3) is 0.333. The first-order chi connectivity index (χ1) is 14.0. The normalized spacial score (nSPS) is 21.7. The van der Waals surface area contributed by atoms with Gasteiger partial charge in [0.05, 0.1) is 12.6 Å². The van der Waals surface area contributed by atoms with E-state index in [9.17, 15) is 9.59 Å². The summed E-state index contributed by atoms with van der Waals surface area (Å²) in [5.74, 6) is 0.460. The molecule has 0 aliphatic carbocycles. The molecule has 0 unspecified atom stereocenters. The van der Waals surface area contributed by atoms with E-state index in [1.807, 2.05) is 17.0 Å². The number of aromatic nitrogens is 1. The van der Waals surface area contributed by atoms with Crippen molar-refractivity contribution in [2.75, 3.05) is 13.6 Å². The van der Waals surface area contributed by atoms with Crippen molar-refractivity contribution < 1.29 is 9.59 Å². The van der Waals surface area contributed by atoms with Crippen molar-refractivity contribution in [3.63, 3.8) is 0 Å². The molecule has 0 bridgehead atoms. The lowest BCUT2D eigenvalue weighted by Crippen LogP contribution is -2.62. The lowest BCUT2D eigenvalue weighted by Gasteiger charge is -2.46. The molecule has 3 heterocycles. The number of benzene rings is 2. The van der Waals surface area contributed by atoms with Gasteiger partial charge in [-0.25, -0.2) is 0 Å². The maximum absolute atomic E-state index is 13.1. The standard InChI is InChI=1S/C24H25N3O2/c1-14(2)15-8-10-16(11-9-15)23-22-18(17-6-4-5-7-19(17)25-22)12-20-24(29)26(3)13-21(28)27(20)23/h4-11,14,20,23,25H,12-13H2,1-3H3/t20-,23+/m0/s1. The third kappa shape index (κ3) is 2.68. The number of hydrogen-bond acceptors (Lipinski definition) is 2. The van der Waals surface area contributed by atoms with Gasteiger partial charge in [-0.2, -0.15) is 0 Å². The highest BCUT2D eigenvalue weighted by Crippen LogP contribution is 2.42. The van der Waals surface area contributed by atoms with Crippen molar-refractivity contribution in [2.45, 2.75) is 38.3 Å². The number of H-pyrrole nitrogens is 1. The van der Waals surface area contributed by atoms with E-state index in [0.29, 0.717) is 12.3 Å². The molecule has 1 saturated heterocycles. The van der Waals surface area contributed by atoms with Crippen LogP contribution in [-0.4, -0.2) is 46.2 Å². The van der Waals surface area contributed by atoms with Crippen LogP contribution in [0.25, 0.3) is 10.9 Å². The lowest BCUT2D eigenvalue weighted by molar-refractivity contribution is -0.157. The Morgan fingerprint density at radius 2 is 1.76 bits per heavy atom. The van der Waals surface area contributed by atoms with Crippen LogP contribution in [0.3, 0.4) is 0 Å². The number of para-hydroxylation sites is 1. The van der Waals surface area contributed by atoms with Crippen LogP contribution in [0.1, 0.15) is 48.2 Å². The zero-order valence-electron chi connectivity index (χ0n) is 17.0. The fourth-order valence-corrected chi connectivity index (χ4v) is 4.82. The number of likely N-dealkylation sites (N-methyl/N-ethyl adjacent to an activating group) is 1. The van der Waals surface area contributed by atoms with E-state index < -0.39 is 6.04 Å². The SMILES string of the molecule is CC(C)c1ccc([C@@H]2c3[nH]c4ccccc4c3C[C@H]3C(=O)N(C)CC(=O)N23)cc1. The monoisotopic (exact) mass is 387 g/mol. The van der Waals surface area contributed by atoms with Crippen LogP contribution in [-0.2, 0) is 16.0 Å². The number of piperazine rings is 1. The minimum atomic E-state index is -0.456. The second-order valence-electron chi connectivity index (χ2n) is 8.50. The van der Waals surface area contributed by atoms with Crippen LogP contribution in [0.4, 0.5) is 0 Å². The molecule has 5 nitrogen and oxygen atoms in total. The van der Waals surface area contributed by atoms with E-state index in [0.717, 1.165) is 27.7 Å². The largest absolute Gasteiger partial charge is 0.356 e. The Labute approximate surface area is 170 Å². The Morgan fingerprint density at radius 1 is 1.03 bits per heavy atom. The predicted octanol–water partition coefficient (Wildman–Crippen LogP) is 3.61. The molecule has 2 aliphatic heterocycles. The minimum Gasteiger partial charge on any atom is -0.356 e. The summed E-state index contributed by atoms with van der Waals surface area (Å²) in [5.41, 5.74) is 5.53. The first-order valence-electron chi connectivity index (χ1n) is 10.2. The van der Waals surface area contributed by atoms with Crippen LogP contribution in [0.2, 0.25) is 0 Å². The molecule has 1 aromatic heterocycles. The summed E-state index contributed by atoms with van der Waals surface area (Å²) in [5, 5.41) is 1.14. The third-order valence-corrected chi connectivity index (χ3v) is 6.37. The molecule has 0 spiro atoms. The maximum Gasteiger partial charge on any atom is 0.245 e. The van der Waals surface area contributed by atoms with Gasteiger partial charge in [-0.05, 0) is 28.7 Å². The number of rotatable bonds is 2. The molecule has 2 aliphatic rings. The van der Waals surface area contributed by atoms with Crippen molar-refractivity contribution in [3.8, 4) is 0 Å². The summed E-state index contributed by atoms with van der Waals surface area (Å²) in [6.45, 7) is 4.47. The highest BCUT2D eigenvalue weighted by atomic mass is 16.2. The topological polar surface area (TPSA) is 56.4 Å². The first-order valence-corrected chi connectivity index (χ1v) is 10.2. The van der Waals surface area contributed by atoms with Crippen LogP contribution in [0.5, 0.6) is 0 Å². The van der Waals surface area contributed by atoms with Crippen molar-refractivity contribution in [1.82, 2.24) is 14.8 Å². The van der Waals surface area contributed by atoms with Crippen molar-refractivity contribution in [2.24, 2.45) is 0 Å². The molecule has 2 amide bonds. The molecule has 5 rings (SSSR count). The van der Waals surface area contributed by atoms with Gasteiger partial charge in [0.15, 0.2) is 0 Å². The number of aromatic amines is 1. The van der Waals surface area contributed by atoms with Gasteiger partial charge in [0.25, 0.3) is 0 Å². The molecular formula is C24H25N3O2. The zero-order chi connectivity index (χ0) is 20.3. The number of fused-ring (bicyclic) bond motifs is 4.